The van der Waals surface area contributed by atoms with E-state index in [9.17, 15) is 9.59 Å². The molecule has 1 aromatic carbocycles. The fourth-order valence-electron chi connectivity index (χ4n) is 2.05. The lowest BCUT2D eigenvalue weighted by Gasteiger charge is -2.07. The summed E-state index contributed by atoms with van der Waals surface area (Å²) < 4.78 is 0. The predicted molar refractivity (Wildman–Crippen MR) is 101 cm³/mol. The van der Waals surface area contributed by atoms with E-state index in [4.69, 9.17) is 0 Å². The highest BCUT2D eigenvalue weighted by Crippen LogP contribution is 2.22. The number of carbonyl (C=O) groups is 2. The largest absolute Gasteiger partial charge is 0.346 e. The summed E-state index contributed by atoms with van der Waals surface area (Å²) in [6, 6.07) is 9.56. The number of rotatable bonds is 7. The van der Waals surface area contributed by atoms with Gasteiger partial charge in [0, 0.05) is 6.08 Å². The van der Waals surface area contributed by atoms with Crippen LogP contribution in [0, 0.1) is 6.92 Å². The first-order chi connectivity index (χ1) is 12.0. The lowest BCUT2D eigenvalue weighted by Crippen LogP contribution is -3.06. The number of aromatic nitrogens is 1. The minimum Gasteiger partial charge on any atom is -0.346 e. The third-order valence-corrected chi connectivity index (χ3v) is 4.44. The Hall–Kier alpha value is -2.51. The molecule has 25 heavy (non-hydrogen) atoms. The number of thiazole rings is 1. The van der Waals surface area contributed by atoms with E-state index in [1.54, 1.807) is 13.0 Å². The van der Waals surface area contributed by atoms with Crippen LogP contribution in [0.3, 0.4) is 0 Å². The Bertz CT molecular complexity index is 754. The number of hydrogen-bond donors (Lipinski definition) is 3. The summed E-state index contributed by atoms with van der Waals surface area (Å²) in [5.74, 6) is -0.433. The monoisotopic (exact) mass is 359 g/mol. The Morgan fingerprint density at radius 2 is 1.96 bits per heavy atom. The summed E-state index contributed by atoms with van der Waals surface area (Å²) in [5, 5.41) is 5.99. The fraction of sp³-hybridized carbons (Fsp3) is 0.278. The van der Waals surface area contributed by atoms with Crippen molar-refractivity contribution < 1.29 is 14.5 Å². The number of amides is 2. The molecule has 0 saturated heterocycles. The van der Waals surface area contributed by atoms with Crippen LogP contribution in [-0.2, 0) is 4.79 Å². The van der Waals surface area contributed by atoms with Gasteiger partial charge in [-0.3, -0.25) is 14.9 Å². The van der Waals surface area contributed by atoms with Crippen LogP contribution in [-0.4, -0.2) is 44.0 Å². The van der Waals surface area contributed by atoms with Gasteiger partial charge in [-0.05, 0) is 18.6 Å². The van der Waals surface area contributed by atoms with Crippen molar-refractivity contribution in [2.24, 2.45) is 0 Å². The van der Waals surface area contributed by atoms with Gasteiger partial charge in [-0.1, -0.05) is 41.7 Å². The molecule has 0 saturated carbocycles. The molecule has 1 aromatic heterocycles. The molecule has 0 bridgehead atoms. The molecule has 0 aliphatic rings. The van der Waals surface area contributed by atoms with Gasteiger partial charge >= 0.3 is 0 Å². The highest BCUT2D eigenvalue weighted by Gasteiger charge is 2.16. The van der Waals surface area contributed by atoms with Gasteiger partial charge in [0.05, 0.1) is 32.9 Å². The number of nitrogens with one attached hydrogen (secondary N) is 3. The molecule has 2 amide bonds. The van der Waals surface area contributed by atoms with Crippen molar-refractivity contribution in [3.05, 3.63) is 52.5 Å². The van der Waals surface area contributed by atoms with Crippen LogP contribution in [0.2, 0.25) is 0 Å². The van der Waals surface area contributed by atoms with Crippen LogP contribution >= 0.6 is 11.3 Å². The van der Waals surface area contributed by atoms with Crippen LogP contribution in [0.4, 0.5) is 5.13 Å². The van der Waals surface area contributed by atoms with Crippen LogP contribution in [0.5, 0.6) is 0 Å². The Labute approximate surface area is 151 Å². The highest BCUT2D eigenvalue weighted by atomic mass is 32.1. The van der Waals surface area contributed by atoms with Crippen LogP contribution in [0.1, 0.15) is 20.9 Å². The molecule has 0 aliphatic carbocycles. The van der Waals surface area contributed by atoms with Crippen molar-refractivity contribution in [2.75, 3.05) is 32.5 Å². The first-order valence-corrected chi connectivity index (χ1v) is 8.86. The van der Waals surface area contributed by atoms with Gasteiger partial charge < -0.3 is 10.2 Å². The third-order valence-electron chi connectivity index (χ3n) is 3.37. The lowest BCUT2D eigenvalue weighted by molar-refractivity contribution is -0.856. The quantitative estimate of drug-likeness (QED) is 0.645. The molecule has 3 N–H and O–H groups in total. The molecule has 0 radical (unpaired) electrons. The number of carbonyl (C=O) groups excluding carboxylic acids is 2. The third kappa shape index (κ3) is 6.13. The Morgan fingerprint density at radius 3 is 2.64 bits per heavy atom. The number of nitrogens with zero attached hydrogens (tertiary/aromatic N) is 1. The topological polar surface area (TPSA) is 75.5 Å². The number of benzene rings is 1. The summed E-state index contributed by atoms with van der Waals surface area (Å²) in [7, 11) is 4.06. The van der Waals surface area contributed by atoms with Gasteiger partial charge in [0.15, 0.2) is 5.13 Å². The van der Waals surface area contributed by atoms with Gasteiger partial charge in [0.25, 0.3) is 5.91 Å². The van der Waals surface area contributed by atoms with Crippen molar-refractivity contribution in [2.45, 2.75) is 6.92 Å². The second kappa shape index (κ2) is 9.10. The minimum absolute atomic E-state index is 0.156. The minimum atomic E-state index is -0.277. The molecule has 132 valence electrons. The summed E-state index contributed by atoms with van der Waals surface area (Å²) in [6.45, 7) is 3.20. The number of hydrogen-bond acceptors (Lipinski definition) is 4. The van der Waals surface area contributed by atoms with Gasteiger partial charge in [0.2, 0.25) is 5.91 Å². The molecule has 1 heterocycles. The van der Waals surface area contributed by atoms with E-state index in [2.05, 4.69) is 15.6 Å². The maximum absolute atomic E-state index is 12.2. The van der Waals surface area contributed by atoms with Crippen LogP contribution in [0.25, 0.3) is 6.08 Å². The maximum Gasteiger partial charge on any atom is 0.263 e. The standard InChI is InChI=1S/C18H22N4O2S/c1-13-16(17(24)19-11-12-22(2)3)25-18(20-13)21-15(23)10-9-14-7-5-4-6-8-14/h4-10H,11-12H2,1-3H3,(H,19,24)(H,20,21,23)/p+1/b10-9+. The van der Waals surface area contributed by atoms with Crippen molar-refractivity contribution in [3.8, 4) is 0 Å². The first kappa shape index (κ1) is 18.8. The SMILES string of the molecule is Cc1nc(NC(=O)/C=C/c2ccccc2)sc1C(=O)NCC[NH+](C)C. The second-order valence-corrected chi connectivity index (χ2v) is 6.88. The number of quaternary nitrogens is 1. The predicted octanol–water partition coefficient (Wildman–Crippen LogP) is 0.978. The Morgan fingerprint density at radius 1 is 1.24 bits per heavy atom. The molecule has 0 fully saturated rings. The lowest BCUT2D eigenvalue weighted by atomic mass is 10.2. The summed E-state index contributed by atoms with van der Waals surface area (Å²) >= 11 is 1.18. The molecule has 2 aromatic rings. The number of aryl methyl sites for hydroxylation is 1. The molecular weight excluding hydrogens is 336 g/mol. The molecule has 0 aliphatic heterocycles. The summed E-state index contributed by atoms with van der Waals surface area (Å²) in [4.78, 5) is 30.2. The van der Waals surface area contributed by atoms with Crippen LogP contribution in [0.15, 0.2) is 36.4 Å². The number of anilines is 1. The van der Waals surface area contributed by atoms with E-state index >= 15 is 0 Å². The molecule has 0 spiro atoms. The van der Waals surface area contributed by atoms with Crippen molar-refractivity contribution in [1.29, 1.82) is 0 Å². The van der Waals surface area contributed by atoms with E-state index in [0.29, 0.717) is 22.2 Å². The van der Waals surface area contributed by atoms with Gasteiger partial charge in [-0.2, -0.15) is 0 Å². The van der Waals surface area contributed by atoms with E-state index < -0.39 is 0 Å². The number of likely N-dealkylation sites (N-methyl/N-ethyl adjacent to an activating group) is 1. The fourth-order valence-corrected chi connectivity index (χ4v) is 2.94. The van der Waals surface area contributed by atoms with E-state index in [1.165, 1.54) is 22.3 Å². The van der Waals surface area contributed by atoms with Gasteiger partial charge in [0.1, 0.15) is 4.88 Å². The van der Waals surface area contributed by atoms with Crippen molar-refractivity contribution in [1.82, 2.24) is 10.3 Å². The second-order valence-electron chi connectivity index (χ2n) is 5.88. The zero-order valence-corrected chi connectivity index (χ0v) is 15.4. The van der Waals surface area contributed by atoms with E-state index in [0.717, 1.165) is 12.1 Å². The first-order valence-electron chi connectivity index (χ1n) is 8.04. The normalized spacial score (nSPS) is 11.0. The molecule has 0 unspecified atom stereocenters. The zero-order chi connectivity index (χ0) is 18.2. The van der Waals surface area contributed by atoms with E-state index in [1.807, 2.05) is 44.4 Å². The molecule has 0 atom stereocenters. The zero-order valence-electron chi connectivity index (χ0n) is 14.6. The van der Waals surface area contributed by atoms with Gasteiger partial charge in [-0.15, -0.1) is 0 Å². The van der Waals surface area contributed by atoms with Crippen molar-refractivity contribution in [3.63, 3.8) is 0 Å². The van der Waals surface area contributed by atoms with E-state index in [-0.39, 0.29) is 11.8 Å². The average Bonchev–Trinajstić information content (AvgIpc) is 2.94. The summed E-state index contributed by atoms with van der Waals surface area (Å²) in [5.41, 5.74) is 1.55. The average molecular weight is 359 g/mol. The van der Waals surface area contributed by atoms with Crippen molar-refractivity contribution >= 4 is 34.4 Å². The molecular formula is C18H23N4O2S+. The Balaban J connectivity index is 1.94. The van der Waals surface area contributed by atoms with Gasteiger partial charge in [-0.25, -0.2) is 4.98 Å². The highest BCUT2D eigenvalue weighted by molar-refractivity contribution is 7.17. The maximum atomic E-state index is 12.2. The Kier molecular flexibility index (Phi) is 6.85. The molecule has 7 heteroatoms. The smallest absolute Gasteiger partial charge is 0.263 e. The summed E-state index contributed by atoms with van der Waals surface area (Å²) in [6.07, 6.45) is 3.18. The molecule has 6 nitrogen and oxygen atoms in total. The molecule has 2 rings (SSSR count). The van der Waals surface area contributed by atoms with Crippen LogP contribution < -0.4 is 15.5 Å².